The summed E-state index contributed by atoms with van der Waals surface area (Å²) in [6.07, 6.45) is 3.61. The van der Waals surface area contributed by atoms with E-state index in [-0.39, 0.29) is 40.7 Å². The van der Waals surface area contributed by atoms with Crippen molar-refractivity contribution >= 4 is 17.3 Å². The number of benzene rings is 2. The minimum absolute atomic E-state index is 0.0644. The first-order chi connectivity index (χ1) is 19.5. The number of ether oxygens (including phenoxy) is 1. The molecule has 3 aromatic rings. The van der Waals surface area contributed by atoms with E-state index in [0.717, 1.165) is 38.5 Å². The second-order valence-corrected chi connectivity index (χ2v) is 11.6. The normalized spacial score (nSPS) is 17.2. The Bertz CT molecular complexity index is 1390. The maximum Gasteiger partial charge on any atom is 0.227 e. The molecule has 2 aromatic carbocycles. The predicted molar refractivity (Wildman–Crippen MR) is 154 cm³/mol. The van der Waals surface area contributed by atoms with E-state index in [2.05, 4.69) is 38.9 Å². The molecule has 1 saturated heterocycles. The molecule has 220 valence electrons. The number of nitrogens with zero attached hydrogens (tertiary/aromatic N) is 4. The van der Waals surface area contributed by atoms with Gasteiger partial charge in [-0.3, -0.25) is 4.90 Å². The third-order valence-corrected chi connectivity index (χ3v) is 8.34. The summed E-state index contributed by atoms with van der Waals surface area (Å²) in [5.74, 6) is -1.19. The molecule has 0 aliphatic carbocycles. The number of aromatic nitrogens is 2. The zero-order chi connectivity index (χ0) is 29.3. The summed E-state index contributed by atoms with van der Waals surface area (Å²) in [6.45, 7) is 10.8. The molecule has 10 heteroatoms. The Kier molecular flexibility index (Phi) is 8.42. The number of piperidine rings is 1. The highest BCUT2D eigenvalue weighted by atomic mass is 19.1. The van der Waals surface area contributed by atoms with Crippen molar-refractivity contribution in [2.75, 3.05) is 36.5 Å². The van der Waals surface area contributed by atoms with Crippen LogP contribution in [0.2, 0.25) is 0 Å². The number of fused-ring (bicyclic) bond motifs is 1. The van der Waals surface area contributed by atoms with Crippen molar-refractivity contribution in [1.82, 2.24) is 14.9 Å². The Hall–Kier alpha value is -3.37. The number of rotatable bonds is 8. The second-order valence-electron chi connectivity index (χ2n) is 11.6. The first-order valence-electron chi connectivity index (χ1n) is 14.3. The maximum absolute atomic E-state index is 15.1. The first kappa shape index (κ1) is 29.1. The van der Waals surface area contributed by atoms with Gasteiger partial charge in [-0.05, 0) is 83.3 Å². The fourth-order valence-electron chi connectivity index (χ4n) is 5.67. The predicted octanol–water partition coefficient (Wildman–Crippen LogP) is 6.28. The van der Waals surface area contributed by atoms with Crippen molar-refractivity contribution in [2.24, 2.45) is 5.92 Å². The molecule has 3 heterocycles. The van der Waals surface area contributed by atoms with Gasteiger partial charge in [0.05, 0.1) is 24.0 Å². The third-order valence-electron chi connectivity index (χ3n) is 8.34. The highest BCUT2D eigenvalue weighted by Crippen LogP contribution is 2.40. The van der Waals surface area contributed by atoms with E-state index in [1.165, 1.54) is 12.1 Å². The van der Waals surface area contributed by atoms with Crippen molar-refractivity contribution in [1.29, 1.82) is 0 Å². The van der Waals surface area contributed by atoms with Crippen LogP contribution in [0, 0.1) is 23.4 Å². The van der Waals surface area contributed by atoms with Crippen molar-refractivity contribution in [3.63, 3.8) is 0 Å². The number of nitrogens with one attached hydrogen (secondary N) is 1. The number of likely N-dealkylation sites (tertiary alicyclic amines) is 1. The van der Waals surface area contributed by atoms with Crippen LogP contribution >= 0.6 is 0 Å². The van der Waals surface area contributed by atoms with Crippen molar-refractivity contribution in [3.8, 4) is 17.0 Å². The summed E-state index contributed by atoms with van der Waals surface area (Å²) >= 11 is 0. The van der Waals surface area contributed by atoms with Gasteiger partial charge >= 0.3 is 0 Å². The van der Waals surface area contributed by atoms with Gasteiger partial charge in [0.2, 0.25) is 5.95 Å². The van der Waals surface area contributed by atoms with E-state index in [4.69, 9.17) is 4.74 Å². The molecule has 1 fully saturated rings. The topological polar surface area (TPSA) is 73.8 Å². The van der Waals surface area contributed by atoms with Crippen LogP contribution in [0.1, 0.15) is 52.5 Å². The van der Waals surface area contributed by atoms with Gasteiger partial charge in [0.15, 0.2) is 17.4 Å². The summed E-state index contributed by atoms with van der Waals surface area (Å²) in [5, 5.41) is 13.2. The molecule has 0 spiro atoms. The number of aliphatic hydroxyl groups is 1. The van der Waals surface area contributed by atoms with Crippen molar-refractivity contribution < 1.29 is 23.0 Å². The highest BCUT2D eigenvalue weighted by molar-refractivity contribution is 5.73. The Morgan fingerprint density at radius 2 is 1.83 bits per heavy atom. The molecule has 41 heavy (non-hydrogen) atoms. The fraction of sp³-hybridized carbons (Fsp3) is 0.484. The quantitative estimate of drug-likeness (QED) is 0.331. The van der Waals surface area contributed by atoms with Crippen LogP contribution < -0.4 is 15.0 Å². The van der Waals surface area contributed by atoms with E-state index < -0.39 is 17.2 Å². The van der Waals surface area contributed by atoms with Gasteiger partial charge in [-0.1, -0.05) is 13.0 Å². The molecule has 1 aromatic heterocycles. The Morgan fingerprint density at radius 3 is 2.51 bits per heavy atom. The highest BCUT2D eigenvalue weighted by Gasteiger charge is 2.31. The van der Waals surface area contributed by atoms with E-state index in [9.17, 15) is 9.50 Å². The van der Waals surface area contributed by atoms with E-state index in [0.29, 0.717) is 36.6 Å². The van der Waals surface area contributed by atoms with Gasteiger partial charge in [-0.2, -0.15) is 0 Å². The molecular weight excluding hydrogens is 531 g/mol. The average Bonchev–Trinajstić information content (AvgIpc) is 2.94. The van der Waals surface area contributed by atoms with Crippen LogP contribution in [0.25, 0.3) is 11.3 Å². The lowest BCUT2D eigenvalue weighted by molar-refractivity contribution is -0.0137. The monoisotopic (exact) mass is 569 g/mol. The van der Waals surface area contributed by atoms with Crippen molar-refractivity contribution in [3.05, 3.63) is 59.5 Å². The van der Waals surface area contributed by atoms with E-state index in [1.807, 2.05) is 13.8 Å². The molecular formula is C31H38F3N5O2. The van der Waals surface area contributed by atoms with Gasteiger partial charge in [0.25, 0.3) is 0 Å². The Morgan fingerprint density at radius 1 is 1.07 bits per heavy atom. The fourth-order valence-corrected chi connectivity index (χ4v) is 5.67. The largest absolute Gasteiger partial charge is 0.486 e. The van der Waals surface area contributed by atoms with Crippen LogP contribution in [0.4, 0.5) is 30.5 Å². The maximum atomic E-state index is 15.1. The van der Waals surface area contributed by atoms with Gasteiger partial charge in [0, 0.05) is 29.4 Å². The van der Waals surface area contributed by atoms with Gasteiger partial charge in [0.1, 0.15) is 18.1 Å². The van der Waals surface area contributed by atoms with Crippen LogP contribution in [-0.4, -0.2) is 57.9 Å². The van der Waals surface area contributed by atoms with Crippen molar-refractivity contribution in [2.45, 2.75) is 65.1 Å². The molecule has 0 bridgehead atoms. The Labute approximate surface area is 239 Å². The van der Waals surface area contributed by atoms with Crippen LogP contribution in [0.5, 0.6) is 5.75 Å². The van der Waals surface area contributed by atoms with E-state index in [1.54, 1.807) is 18.2 Å². The molecule has 5 rings (SSSR count). The molecule has 0 saturated carbocycles. The SMILES string of the molecule is CCC(C)N1CCOc2c(F)cc(-c3nc(Nc4ccc(CN5CCC(C(C)(C)O)CC5)c(F)c4)ncc3F)cc21. The summed E-state index contributed by atoms with van der Waals surface area (Å²) < 4.78 is 50.6. The van der Waals surface area contributed by atoms with Gasteiger partial charge in [-0.25, -0.2) is 23.1 Å². The van der Waals surface area contributed by atoms with Crippen LogP contribution in [0.15, 0.2) is 36.5 Å². The summed E-state index contributed by atoms with van der Waals surface area (Å²) in [4.78, 5) is 12.6. The minimum atomic E-state index is -0.705. The van der Waals surface area contributed by atoms with Crippen LogP contribution in [-0.2, 0) is 6.54 Å². The lowest BCUT2D eigenvalue weighted by atomic mass is 9.83. The smallest absolute Gasteiger partial charge is 0.227 e. The van der Waals surface area contributed by atoms with Gasteiger partial charge in [-0.15, -0.1) is 0 Å². The lowest BCUT2D eigenvalue weighted by Crippen LogP contribution is -2.41. The molecule has 1 atom stereocenters. The zero-order valence-electron chi connectivity index (χ0n) is 24.1. The van der Waals surface area contributed by atoms with E-state index >= 15 is 8.78 Å². The first-order valence-corrected chi connectivity index (χ1v) is 14.3. The number of hydrogen-bond acceptors (Lipinski definition) is 7. The molecule has 2 aliphatic heterocycles. The number of halogens is 3. The standard InChI is InChI=1S/C31H38F3N5O2/c1-5-19(2)39-12-13-41-29-25(33)14-21(15-27(29)39)28-26(34)17-35-30(37-28)36-23-7-6-20(24(32)16-23)18-38-10-8-22(9-11-38)31(3,4)40/h6-7,14-17,19,22,40H,5,8-13,18H2,1-4H3,(H,35,36,37). The minimum Gasteiger partial charge on any atom is -0.486 e. The summed E-state index contributed by atoms with van der Waals surface area (Å²) in [5.41, 5.74) is 1.04. The molecule has 2 N–H and O–H groups in total. The Balaban J connectivity index is 1.32. The van der Waals surface area contributed by atoms with Gasteiger partial charge < -0.3 is 20.1 Å². The zero-order valence-corrected chi connectivity index (χ0v) is 24.1. The summed E-state index contributed by atoms with van der Waals surface area (Å²) in [6, 6.07) is 7.87. The molecule has 0 amide bonds. The second kappa shape index (κ2) is 11.9. The molecule has 0 radical (unpaired) electrons. The summed E-state index contributed by atoms with van der Waals surface area (Å²) in [7, 11) is 0. The average molecular weight is 570 g/mol. The number of anilines is 3. The lowest BCUT2D eigenvalue weighted by Gasteiger charge is -2.37. The molecule has 2 aliphatic rings. The van der Waals surface area contributed by atoms with Crippen LogP contribution in [0.3, 0.4) is 0 Å². The molecule has 1 unspecified atom stereocenters. The third kappa shape index (κ3) is 6.43. The number of hydrogen-bond donors (Lipinski definition) is 2. The molecule has 7 nitrogen and oxygen atoms in total.